The number of carbonyl (C=O) groups excluding carboxylic acids is 1. The van der Waals surface area contributed by atoms with Gasteiger partial charge in [0.15, 0.2) is 0 Å². The van der Waals surface area contributed by atoms with Crippen LogP contribution in [0.5, 0.6) is 0 Å². The van der Waals surface area contributed by atoms with Gasteiger partial charge >= 0.3 is 12.0 Å². The summed E-state index contributed by atoms with van der Waals surface area (Å²) < 4.78 is 0. The molecule has 2 unspecified atom stereocenters. The molecule has 1 fully saturated rings. The minimum Gasteiger partial charge on any atom is -0.479 e. The summed E-state index contributed by atoms with van der Waals surface area (Å²) in [7, 11) is 0. The number of aliphatic carboxylic acids is 1. The Labute approximate surface area is 128 Å². The number of hydrogen-bond acceptors (Lipinski definition) is 2. The average Bonchev–Trinajstić information content (AvgIpc) is 2.92. The Balaban J connectivity index is 2.60. The highest BCUT2D eigenvalue weighted by Crippen LogP contribution is 2.32. The van der Waals surface area contributed by atoms with Crippen molar-refractivity contribution >= 4 is 12.0 Å². The molecule has 0 aromatic rings. The monoisotopic (exact) mass is 298 g/mol. The van der Waals surface area contributed by atoms with Crippen molar-refractivity contribution in [3.05, 3.63) is 0 Å². The zero-order chi connectivity index (χ0) is 15.9. The van der Waals surface area contributed by atoms with E-state index in [1.165, 1.54) is 11.3 Å². The van der Waals surface area contributed by atoms with E-state index in [1.54, 1.807) is 0 Å². The summed E-state index contributed by atoms with van der Waals surface area (Å²) in [6.07, 6.45) is 6.27. The second-order valence-corrected chi connectivity index (χ2v) is 6.05. The molecule has 122 valence electrons. The fourth-order valence-corrected chi connectivity index (χ4v) is 3.19. The molecular formula is C16H30N2O3. The van der Waals surface area contributed by atoms with Gasteiger partial charge in [0.2, 0.25) is 0 Å². The maximum Gasteiger partial charge on any atom is 0.329 e. The first kappa shape index (κ1) is 17.8. The topological polar surface area (TPSA) is 69.6 Å². The molecule has 0 saturated carbocycles. The first-order valence-corrected chi connectivity index (χ1v) is 8.30. The first-order valence-electron chi connectivity index (χ1n) is 8.30. The van der Waals surface area contributed by atoms with Crippen molar-refractivity contribution in [2.75, 3.05) is 13.1 Å². The first-order chi connectivity index (χ1) is 10.0. The molecule has 0 bridgehead atoms. The van der Waals surface area contributed by atoms with Crippen molar-refractivity contribution in [2.45, 2.75) is 71.3 Å². The van der Waals surface area contributed by atoms with Crippen LogP contribution < -0.4 is 5.32 Å². The standard InChI is InChI=1S/C16H30N2O3/c1-4-7-9-13(5-2)12-17-15(21)18-11-8-10-16(18,6-3)14(19)20/h13H,4-12H2,1-3H3,(H,17,21)(H,19,20). The quantitative estimate of drug-likeness (QED) is 0.722. The summed E-state index contributed by atoms with van der Waals surface area (Å²) in [5, 5.41) is 12.5. The second-order valence-electron chi connectivity index (χ2n) is 6.05. The summed E-state index contributed by atoms with van der Waals surface area (Å²) >= 11 is 0. The summed E-state index contributed by atoms with van der Waals surface area (Å²) in [4.78, 5) is 25.5. The van der Waals surface area contributed by atoms with Gasteiger partial charge in [0, 0.05) is 13.1 Å². The number of carboxylic acids is 1. The number of unbranched alkanes of at least 4 members (excludes halogenated alkanes) is 1. The van der Waals surface area contributed by atoms with E-state index in [1.807, 2.05) is 6.92 Å². The van der Waals surface area contributed by atoms with Crippen molar-refractivity contribution < 1.29 is 14.7 Å². The van der Waals surface area contributed by atoms with Crippen molar-refractivity contribution in [2.24, 2.45) is 5.92 Å². The largest absolute Gasteiger partial charge is 0.479 e. The molecule has 2 amide bonds. The lowest BCUT2D eigenvalue weighted by Gasteiger charge is -2.34. The van der Waals surface area contributed by atoms with Gasteiger partial charge in [0.05, 0.1) is 0 Å². The van der Waals surface area contributed by atoms with E-state index in [4.69, 9.17) is 0 Å². The predicted octanol–water partition coefficient (Wildman–Crippen LogP) is 3.24. The third-order valence-corrected chi connectivity index (χ3v) is 4.80. The molecule has 1 aliphatic heterocycles. The zero-order valence-electron chi connectivity index (χ0n) is 13.7. The van der Waals surface area contributed by atoms with Crippen molar-refractivity contribution in [3.8, 4) is 0 Å². The fourth-order valence-electron chi connectivity index (χ4n) is 3.19. The van der Waals surface area contributed by atoms with E-state index in [0.29, 0.717) is 31.8 Å². The number of rotatable bonds is 8. The Kier molecular flexibility index (Phi) is 6.99. The van der Waals surface area contributed by atoms with Gasteiger partial charge in [0.25, 0.3) is 0 Å². The van der Waals surface area contributed by atoms with Crippen molar-refractivity contribution in [3.63, 3.8) is 0 Å². The van der Waals surface area contributed by atoms with Crippen LogP contribution in [-0.2, 0) is 4.79 Å². The van der Waals surface area contributed by atoms with Crippen LogP contribution in [0.15, 0.2) is 0 Å². The van der Waals surface area contributed by atoms with Gasteiger partial charge in [-0.15, -0.1) is 0 Å². The maximum atomic E-state index is 12.4. The van der Waals surface area contributed by atoms with Crippen LogP contribution in [0.4, 0.5) is 4.79 Å². The molecule has 0 spiro atoms. The Morgan fingerprint density at radius 2 is 2.05 bits per heavy atom. The number of urea groups is 1. The molecule has 21 heavy (non-hydrogen) atoms. The minimum absolute atomic E-state index is 0.216. The van der Waals surface area contributed by atoms with Crippen LogP contribution in [0.1, 0.15) is 65.7 Å². The SMILES string of the molecule is CCCCC(CC)CNC(=O)N1CCCC1(CC)C(=O)O. The van der Waals surface area contributed by atoms with E-state index in [2.05, 4.69) is 19.2 Å². The molecule has 0 aromatic heterocycles. The van der Waals surface area contributed by atoms with Crippen LogP contribution in [0.25, 0.3) is 0 Å². The van der Waals surface area contributed by atoms with Gasteiger partial charge < -0.3 is 15.3 Å². The van der Waals surface area contributed by atoms with Crippen LogP contribution in [0.3, 0.4) is 0 Å². The molecule has 1 aliphatic rings. The van der Waals surface area contributed by atoms with E-state index in [-0.39, 0.29) is 6.03 Å². The molecule has 5 nitrogen and oxygen atoms in total. The van der Waals surface area contributed by atoms with Crippen molar-refractivity contribution in [1.82, 2.24) is 10.2 Å². The number of carbonyl (C=O) groups is 2. The Morgan fingerprint density at radius 1 is 1.33 bits per heavy atom. The fraction of sp³-hybridized carbons (Fsp3) is 0.875. The third kappa shape index (κ3) is 4.11. The summed E-state index contributed by atoms with van der Waals surface area (Å²) in [6, 6.07) is -0.216. The van der Waals surface area contributed by atoms with Crippen LogP contribution in [0.2, 0.25) is 0 Å². The van der Waals surface area contributed by atoms with Crippen LogP contribution >= 0.6 is 0 Å². The molecule has 2 N–H and O–H groups in total. The van der Waals surface area contributed by atoms with Crippen molar-refractivity contribution in [1.29, 1.82) is 0 Å². The van der Waals surface area contributed by atoms with Gasteiger partial charge in [-0.05, 0) is 31.6 Å². The zero-order valence-corrected chi connectivity index (χ0v) is 13.7. The van der Waals surface area contributed by atoms with Gasteiger partial charge in [0.1, 0.15) is 5.54 Å². The highest BCUT2D eigenvalue weighted by Gasteiger charge is 2.48. The number of carboxylic acid groups (broad SMARTS) is 1. The number of hydrogen-bond donors (Lipinski definition) is 2. The van der Waals surface area contributed by atoms with Gasteiger partial charge in [-0.3, -0.25) is 0 Å². The summed E-state index contributed by atoms with van der Waals surface area (Å²) in [6.45, 7) is 7.33. The molecule has 0 aromatic carbocycles. The average molecular weight is 298 g/mol. The number of nitrogens with zero attached hydrogens (tertiary/aromatic N) is 1. The third-order valence-electron chi connectivity index (χ3n) is 4.80. The van der Waals surface area contributed by atoms with Gasteiger partial charge in [-0.25, -0.2) is 9.59 Å². The maximum absolute atomic E-state index is 12.4. The predicted molar refractivity (Wildman–Crippen MR) is 83.3 cm³/mol. The van der Waals surface area contributed by atoms with Crippen LogP contribution in [0, 0.1) is 5.92 Å². The van der Waals surface area contributed by atoms with Gasteiger partial charge in [-0.2, -0.15) is 0 Å². The summed E-state index contributed by atoms with van der Waals surface area (Å²) in [5.41, 5.74) is -1.00. The molecular weight excluding hydrogens is 268 g/mol. The van der Waals surface area contributed by atoms with Crippen LogP contribution in [-0.4, -0.2) is 40.6 Å². The molecule has 0 radical (unpaired) electrons. The van der Waals surface area contributed by atoms with E-state index >= 15 is 0 Å². The minimum atomic E-state index is -1.00. The highest BCUT2D eigenvalue weighted by molar-refractivity contribution is 5.87. The molecule has 1 saturated heterocycles. The number of nitrogens with one attached hydrogen (secondary N) is 1. The highest BCUT2D eigenvalue weighted by atomic mass is 16.4. The normalized spacial score (nSPS) is 23.1. The second kappa shape index (κ2) is 8.25. The van der Waals surface area contributed by atoms with E-state index in [9.17, 15) is 14.7 Å². The lowest BCUT2D eigenvalue weighted by atomic mass is 9.93. The number of likely N-dealkylation sites (tertiary alicyclic amines) is 1. The van der Waals surface area contributed by atoms with E-state index in [0.717, 1.165) is 25.7 Å². The number of amides is 2. The lowest BCUT2D eigenvalue weighted by molar-refractivity contribution is -0.148. The smallest absolute Gasteiger partial charge is 0.329 e. The Morgan fingerprint density at radius 3 is 2.57 bits per heavy atom. The Bertz CT molecular complexity index is 359. The molecule has 0 aliphatic carbocycles. The molecule has 5 heteroatoms. The van der Waals surface area contributed by atoms with E-state index < -0.39 is 11.5 Å². The molecule has 1 rings (SSSR count). The molecule has 2 atom stereocenters. The Hall–Kier alpha value is -1.26. The molecule has 1 heterocycles. The van der Waals surface area contributed by atoms with Gasteiger partial charge in [-0.1, -0.05) is 40.0 Å². The lowest BCUT2D eigenvalue weighted by Crippen LogP contribution is -2.56. The summed E-state index contributed by atoms with van der Waals surface area (Å²) in [5.74, 6) is -0.395.